The second kappa shape index (κ2) is 5.47. The van der Waals surface area contributed by atoms with Gasteiger partial charge in [0.2, 0.25) is 0 Å². The molecule has 1 aromatic heterocycles. The molecule has 0 saturated carbocycles. The van der Waals surface area contributed by atoms with E-state index in [2.05, 4.69) is 13.8 Å². The maximum atomic E-state index is 11.4. The Morgan fingerprint density at radius 2 is 1.95 bits per heavy atom. The molecule has 1 aromatic carbocycles. The highest BCUT2D eigenvalue weighted by Crippen LogP contribution is 2.24. The number of aromatic carboxylic acids is 1. The van der Waals surface area contributed by atoms with Gasteiger partial charge in [-0.3, -0.25) is 0 Å². The van der Waals surface area contributed by atoms with Gasteiger partial charge in [-0.15, -0.1) is 0 Å². The van der Waals surface area contributed by atoms with Gasteiger partial charge in [0.1, 0.15) is 5.69 Å². The van der Waals surface area contributed by atoms with Gasteiger partial charge >= 0.3 is 5.97 Å². The lowest BCUT2D eigenvalue weighted by atomic mass is 10.0. The maximum absolute atomic E-state index is 11.4. The predicted octanol–water partition coefficient (Wildman–Crippen LogP) is 4.08. The summed E-state index contributed by atoms with van der Waals surface area (Å²) < 4.78 is 1.95. The predicted molar refractivity (Wildman–Crippen MR) is 77.7 cm³/mol. The van der Waals surface area contributed by atoms with E-state index < -0.39 is 5.97 Å². The van der Waals surface area contributed by atoms with E-state index >= 15 is 0 Å². The number of fused-ring (bicyclic) bond motifs is 1. The van der Waals surface area contributed by atoms with Crippen LogP contribution in [0.4, 0.5) is 0 Å². The molecule has 0 aliphatic rings. The molecule has 2 rings (SSSR count). The number of hydrogen-bond acceptors (Lipinski definition) is 1. The first-order chi connectivity index (χ1) is 9.06. The second-order valence-electron chi connectivity index (χ2n) is 5.19. The first-order valence-corrected chi connectivity index (χ1v) is 6.90. The highest BCUT2D eigenvalue weighted by atomic mass is 16.4. The molecule has 0 radical (unpaired) electrons. The van der Waals surface area contributed by atoms with Crippen molar-refractivity contribution in [3.05, 3.63) is 35.5 Å². The summed E-state index contributed by atoms with van der Waals surface area (Å²) in [5.74, 6) is -0.324. The third-order valence-corrected chi connectivity index (χ3v) is 3.87. The monoisotopic (exact) mass is 259 g/mol. The number of hydrogen-bond donors (Lipinski definition) is 1. The van der Waals surface area contributed by atoms with E-state index in [-0.39, 0.29) is 0 Å². The van der Waals surface area contributed by atoms with Crippen LogP contribution in [0.1, 0.15) is 42.7 Å². The van der Waals surface area contributed by atoms with Crippen LogP contribution in [-0.4, -0.2) is 15.6 Å². The smallest absolute Gasteiger partial charge is 0.352 e. The molecule has 0 aliphatic carbocycles. The molecule has 0 fully saturated rings. The van der Waals surface area contributed by atoms with Crippen LogP contribution in [0.3, 0.4) is 0 Å². The Morgan fingerprint density at radius 3 is 2.53 bits per heavy atom. The molecular weight excluding hydrogens is 238 g/mol. The number of carboxylic acids is 1. The summed E-state index contributed by atoms with van der Waals surface area (Å²) in [6, 6.07) is 7.90. The van der Waals surface area contributed by atoms with Crippen molar-refractivity contribution in [3.8, 4) is 0 Å². The lowest BCUT2D eigenvalue weighted by Gasteiger charge is -2.16. The van der Waals surface area contributed by atoms with E-state index in [1.54, 1.807) is 6.07 Å². The lowest BCUT2D eigenvalue weighted by molar-refractivity contribution is 0.0684. The van der Waals surface area contributed by atoms with Gasteiger partial charge in [-0.2, -0.15) is 0 Å². The Morgan fingerprint density at radius 1 is 1.26 bits per heavy atom. The number of benzene rings is 1. The minimum atomic E-state index is -0.847. The zero-order chi connectivity index (χ0) is 14.0. The summed E-state index contributed by atoms with van der Waals surface area (Å²) in [6.45, 7) is 7.12. The minimum absolute atomic E-state index is 0.396. The fourth-order valence-corrected chi connectivity index (χ4v) is 2.57. The maximum Gasteiger partial charge on any atom is 0.352 e. The Balaban J connectivity index is 2.55. The van der Waals surface area contributed by atoms with Crippen molar-refractivity contribution in [2.45, 2.75) is 40.2 Å². The lowest BCUT2D eigenvalue weighted by Crippen LogP contribution is -2.14. The molecule has 19 heavy (non-hydrogen) atoms. The van der Waals surface area contributed by atoms with E-state index in [1.165, 1.54) is 0 Å². The topological polar surface area (TPSA) is 42.2 Å². The van der Waals surface area contributed by atoms with Crippen LogP contribution >= 0.6 is 0 Å². The minimum Gasteiger partial charge on any atom is -0.477 e. The van der Waals surface area contributed by atoms with Crippen LogP contribution in [0, 0.1) is 12.8 Å². The van der Waals surface area contributed by atoms with E-state index in [0.29, 0.717) is 11.6 Å². The van der Waals surface area contributed by atoms with Crippen molar-refractivity contribution in [2.24, 2.45) is 5.92 Å². The molecule has 3 nitrogen and oxygen atoms in total. The zero-order valence-electron chi connectivity index (χ0n) is 11.8. The van der Waals surface area contributed by atoms with E-state index in [9.17, 15) is 9.90 Å². The Bertz CT molecular complexity index is 594. The Hall–Kier alpha value is -1.77. The summed E-state index contributed by atoms with van der Waals surface area (Å²) in [4.78, 5) is 11.4. The van der Waals surface area contributed by atoms with Crippen LogP contribution in [0.15, 0.2) is 24.3 Å². The fourth-order valence-electron chi connectivity index (χ4n) is 2.57. The van der Waals surface area contributed by atoms with Gasteiger partial charge in [0.15, 0.2) is 0 Å². The summed E-state index contributed by atoms with van der Waals surface area (Å²) in [5.41, 5.74) is 2.58. The molecule has 0 bridgehead atoms. The molecule has 1 heterocycles. The first kappa shape index (κ1) is 13.7. The van der Waals surface area contributed by atoms with Crippen LogP contribution in [0.5, 0.6) is 0 Å². The second-order valence-corrected chi connectivity index (χ2v) is 5.19. The van der Waals surface area contributed by atoms with Crippen LogP contribution in [0.2, 0.25) is 0 Å². The van der Waals surface area contributed by atoms with Gasteiger partial charge in [0.25, 0.3) is 0 Å². The zero-order valence-corrected chi connectivity index (χ0v) is 11.8. The number of aromatic nitrogens is 1. The molecule has 3 heteroatoms. The highest BCUT2D eigenvalue weighted by molar-refractivity contribution is 5.94. The third-order valence-electron chi connectivity index (χ3n) is 3.87. The van der Waals surface area contributed by atoms with Crippen LogP contribution in [-0.2, 0) is 6.54 Å². The summed E-state index contributed by atoms with van der Waals surface area (Å²) >= 11 is 0. The standard InChI is InChI=1S/C16H21NO2/c1-4-12(5-2)10-17-14-7-6-11(3)8-13(14)9-15(17)16(18)19/h6-9,12H,4-5,10H2,1-3H3,(H,18,19). The Labute approximate surface area is 113 Å². The van der Waals surface area contributed by atoms with Crippen molar-refractivity contribution in [1.82, 2.24) is 4.57 Å². The molecule has 0 spiro atoms. The largest absolute Gasteiger partial charge is 0.477 e. The van der Waals surface area contributed by atoms with E-state index in [4.69, 9.17) is 0 Å². The fraction of sp³-hybridized carbons (Fsp3) is 0.438. The molecule has 0 amide bonds. The average molecular weight is 259 g/mol. The molecule has 0 atom stereocenters. The van der Waals surface area contributed by atoms with Crippen molar-refractivity contribution >= 4 is 16.9 Å². The van der Waals surface area contributed by atoms with Gasteiger partial charge < -0.3 is 9.67 Å². The molecule has 0 saturated heterocycles. The third kappa shape index (κ3) is 2.65. The number of carboxylic acid groups (broad SMARTS) is 1. The van der Waals surface area contributed by atoms with E-state index in [0.717, 1.165) is 35.9 Å². The summed E-state index contributed by atoms with van der Waals surface area (Å²) in [6.07, 6.45) is 2.14. The molecule has 0 unspecified atom stereocenters. The van der Waals surface area contributed by atoms with Gasteiger partial charge in [-0.25, -0.2) is 4.79 Å². The van der Waals surface area contributed by atoms with E-state index in [1.807, 2.05) is 29.7 Å². The Kier molecular flexibility index (Phi) is 3.93. The van der Waals surface area contributed by atoms with Gasteiger partial charge in [-0.05, 0) is 31.0 Å². The number of aryl methyl sites for hydroxylation is 1. The molecule has 0 aliphatic heterocycles. The van der Waals surface area contributed by atoms with Crippen molar-refractivity contribution in [3.63, 3.8) is 0 Å². The van der Waals surface area contributed by atoms with Gasteiger partial charge in [0.05, 0.1) is 0 Å². The van der Waals surface area contributed by atoms with Crippen molar-refractivity contribution < 1.29 is 9.90 Å². The SMILES string of the molecule is CCC(CC)Cn1c(C(=O)O)cc2cc(C)ccc21. The summed E-state index contributed by atoms with van der Waals surface area (Å²) in [7, 11) is 0. The van der Waals surface area contributed by atoms with Crippen molar-refractivity contribution in [2.75, 3.05) is 0 Å². The molecule has 2 aromatic rings. The quantitative estimate of drug-likeness (QED) is 0.879. The van der Waals surface area contributed by atoms with Crippen LogP contribution < -0.4 is 0 Å². The van der Waals surface area contributed by atoms with Gasteiger partial charge in [0, 0.05) is 17.4 Å². The molecule has 1 N–H and O–H groups in total. The average Bonchev–Trinajstić information content (AvgIpc) is 2.73. The number of rotatable bonds is 5. The molecular formula is C16H21NO2. The summed E-state index contributed by atoms with van der Waals surface area (Å²) in [5, 5.41) is 10.4. The number of nitrogens with zero attached hydrogens (tertiary/aromatic N) is 1. The molecule has 102 valence electrons. The first-order valence-electron chi connectivity index (χ1n) is 6.90. The normalized spacial score (nSPS) is 11.4. The van der Waals surface area contributed by atoms with Crippen LogP contribution in [0.25, 0.3) is 10.9 Å². The highest BCUT2D eigenvalue weighted by Gasteiger charge is 2.16. The number of carbonyl (C=O) groups is 1. The van der Waals surface area contributed by atoms with Gasteiger partial charge in [-0.1, -0.05) is 38.3 Å². The van der Waals surface area contributed by atoms with Crippen molar-refractivity contribution in [1.29, 1.82) is 0 Å².